The number of carbonyl (C=O) groups excluding carboxylic acids is 1. The van der Waals surface area contributed by atoms with Gasteiger partial charge >= 0.3 is 0 Å². The van der Waals surface area contributed by atoms with Gasteiger partial charge in [0.05, 0.1) is 4.90 Å². The minimum Gasteiger partial charge on any atom is -0.339 e. The number of amides is 1. The van der Waals surface area contributed by atoms with E-state index in [2.05, 4.69) is 47.8 Å². The molecule has 1 aromatic rings. The van der Waals surface area contributed by atoms with Gasteiger partial charge in [0.2, 0.25) is 11.3 Å². The molecule has 0 aromatic heterocycles. The minimum atomic E-state index is -3.68. The van der Waals surface area contributed by atoms with Crippen LogP contribution in [0.15, 0.2) is 29.2 Å². The molecule has 1 fully saturated rings. The van der Waals surface area contributed by atoms with Crippen LogP contribution < -0.4 is 0 Å². The van der Waals surface area contributed by atoms with Crippen molar-refractivity contribution in [2.24, 2.45) is 0 Å². The number of benzene rings is 1. The molecule has 21 heavy (non-hydrogen) atoms. The topological polar surface area (TPSA) is 54.5 Å². The molecule has 8 heteroatoms. The Bertz CT molecular complexity index is 634. The van der Waals surface area contributed by atoms with E-state index in [9.17, 15) is 13.2 Å². The Morgan fingerprint density at radius 3 is 2.29 bits per heavy atom. The van der Waals surface area contributed by atoms with Crippen LogP contribution in [0, 0.1) is 0 Å². The van der Waals surface area contributed by atoms with E-state index in [1.54, 1.807) is 17.0 Å². The number of hydrogen-bond donors (Lipinski definition) is 0. The van der Waals surface area contributed by atoms with Crippen molar-refractivity contribution in [1.82, 2.24) is 4.90 Å². The molecule has 0 unspecified atom stereocenters. The van der Waals surface area contributed by atoms with Crippen molar-refractivity contribution in [3.05, 3.63) is 29.8 Å². The molecule has 0 spiro atoms. The molecular formula is C13H14Br3NO3S. The smallest absolute Gasteiger partial charge is 0.253 e. The largest absolute Gasteiger partial charge is 0.339 e. The molecule has 0 atom stereocenters. The molecule has 0 radical (unpaired) electrons. The van der Waals surface area contributed by atoms with Crippen LogP contribution in [0.4, 0.5) is 0 Å². The van der Waals surface area contributed by atoms with Gasteiger partial charge in [-0.3, -0.25) is 4.79 Å². The van der Waals surface area contributed by atoms with Crippen LogP contribution in [0.25, 0.3) is 0 Å². The van der Waals surface area contributed by atoms with Crippen molar-refractivity contribution in [1.29, 1.82) is 0 Å². The van der Waals surface area contributed by atoms with Gasteiger partial charge in [0.25, 0.3) is 5.91 Å². The fourth-order valence-corrected chi connectivity index (χ4v) is 4.70. The summed E-state index contributed by atoms with van der Waals surface area (Å²) < 4.78 is 23.2. The summed E-state index contributed by atoms with van der Waals surface area (Å²) in [5.74, 6) is -0.115. The van der Waals surface area contributed by atoms with Gasteiger partial charge in [0, 0.05) is 18.7 Å². The highest BCUT2D eigenvalue weighted by Crippen LogP contribution is 2.43. The molecule has 1 aromatic carbocycles. The first-order valence-corrected chi connectivity index (χ1v) is 10.3. The van der Waals surface area contributed by atoms with Gasteiger partial charge in [0.1, 0.15) is 0 Å². The maximum absolute atomic E-state index is 12.4. The van der Waals surface area contributed by atoms with Crippen molar-refractivity contribution in [3.63, 3.8) is 0 Å². The third kappa shape index (κ3) is 3.89. The standard InChI is InChI=1S/C13H14Br3NO3S/c14-13(15,16)21(19,20)11-6-4-5-10(9-11)12(18)17-7-2-1-3-8-17/h4-6,9H,1-3,7-8H2. The predicted molar refractivity (Wildman–Crippen MR) is 92.9 cm³/mol. The van der Waals surface area contributed by atoms with E-state index in [1.165, 1.54) is 12.1 Å². The fraction of sp³-hybridized carbons (Fsp3) is 0.462. The zero-order valence-corrected chi connectivity index (χ0v) is 16.6. The molecule has 1 aliphatic heterocycles. The van der Waals surface area contributed by atoms with Crippen LogP contribution in [0.3, 0.4) is 0 Å². The Morgan fingerprint density at radius 2 is 1.71 bits per heavy atom. The Morgan fingerprint density at radius 1 is 1.10 bits per heavy atom. The summed E-state index contributed by atoms with van der Waals surface area (Å²) in [7, 11) is -3.68. The van der Waals surface area contributed by atoms with Gasteiger partial charge in [-0.2, -0.15) is 0 Å². The van der Waals surface area contributed by atoms with Crippen molar-refractivity contribution in [3.8, 4) is 0 Å². The fourth-order valence-electron chi connectivity index (χ4n) is 2.21. The molecular weight excluding hydrogens is 490 g/mol. The van der Waals surface area contributed by atoms with Gasteiger partial charge in [-0.25, -0.2) is 8.42 Å². The van der Waals surface area contributed by atoms with E-state index >= 15 is 0 Å². The van der Waals surface area contributed by atoms with Crippen LogP contribution in [-0.4, -0.2) is 33.8 Å². The summed E-state index contributed by atoms with van der Waals surface area (Å²) in [5, 5.41) is 0. The van der Waals surface area contributed by atoms with Crippen LogP contribution in [-0.2, 0) is 9.84 Å². The van der Waals surface area contributed by atoms with E-state index in [-0.39, 0.29) is 10.8 Å². The normalized spacial score (nSPS) is 16.8. The molecule has 2 rings (SSSR count). The third-order valence-corrected chi connectivity index (χ3v) is 8.66. The lowest BCUT2D eigenvalue weighted by molar-refractivity contribution is 0.0724. The molecule has 0 aliphatic carbocycles. The number of sulfone groups is 1. The molecule has 1 heterocycles. The lowest BCUT2D eigenvalue weighted by atomic mass is 10.1. The quantitative estimate of drug-likeness (QED) is 0.575. The van der Waals surface area contributed by atoms with Gasteiger partial charge in [0.15, 0.2) is 0 Å². The average Bonchev–Trinajstić information content (AvgIpc) is 2.46. The number of carbonyl (C=O) groups is 1. The Labute approximate surface area is 149 Å². The van der Waals surface area contributed by atoms with Crippen LogP contribution >= 0.6 is 47.8 Å². The first-order chi connectivity index (χ1) is 9.73. The third-order valence-electron chi connectivity index (χ3n) is 3.34. The average molecular weight is 504 g/mol. The Hall–Kier alpha value is 0.0800. The first kappa shape index (κ1) is 17.4. The summed E-state index contributed by atoms with van der Waals surface area (Å²) >= 11 is 9.08. The number of piperidine rings is 1. The summed E-state index contributed by atoms with van der Waals surface area (Å²) in [6, 6.07) is 6.13. The van der Waals surface area contributed by atoms with Crippen molar-refractivity contribution < 1.29 is 13.2 Å². The summed E-state index contributed by atoms with van der Waals surface area (Å²) in [5.41, 5.74) is 0.398. The monoisotopic (exact) mass is 501 g/mol. The zero-order chi connectivity index (χ0) is 15.7. The van der Waals surface area contributed by atoms with E-state index in [0.29, 0.717) is 5.56 Å². The second kappa shape index (κ2) is 6.68. The lowest BCUT2D eigenvalue weighted by Crippen LogP contribution is -2.35. The maximum atomic E-state index is 12.4. The van der Waals surface area contributed by atoms with Crippen LogP contribution in [0.1, 0.15) is 29.6 Å². The number of likely N-dealkylation sites (tertiary alicyclic amines) is 1. The first-order valence-electron chi connectivity index (χ1n) is 6.44. The second-order valence-electron chi connectivity index (χ2n) is 4.83. The molecule has 116 valence electrons. The number of alkyl halides is 3. The van der Waals surface area contributed by atoms with Crippen molar-refractivity contribution >= 4 is 63.5 Å². The van der Waals surface area contributed by atoms with E-state index in [0.717, 1.165) is 32.4 Å². The van der Waals surface area contributed by atoms with Crippen LogP contribution in [0.5, 0.6) is 0 Å². The molecule has 4 nitrogen and oxygen atoms in total. The maximum Gasteiger partial charge on any atom is 0.253 e. The molecule has 0 saturated carbocycles. The zero-order valence-electron chi connectivity index (χ0n) is 11.1. The number of halogens is 3. The van der Waals surface area contributed by atoms with E-state index in [1.807, 2.05) is 0 Å². The van der Waals surface area contributed by atoms with Crippen molar-refractivity contribution in [2.75, 3.05) is 13.1 Å². The van der Waals surface area contributed by atoms with Crippen LogP contribution in [0.2, 0.25) is 0 Å². The van der Waals surface area contributed by atoms with Gasteiger partial charge in [-0.05, 0) is 85.3 Å². The molecule has 1 saturated heterocycles. The highest BCUT2D eigenvalue weighted by molar-refractivity contribution is 9.42. The highest BCUT2D eigenvalue weighted by atomic mass is 80.0. The van der Waals surface area contributed by atoms with Gasteiger partial charge < -0.3 is 4.90 Å². The molecule has 0 N–H and O–H groups in total. The minimum absolute atomic E-state index is 0.0796. The lowest BCUT2D eigenvalue weighted by Gasteiger charge is -2.27. The van der Waals surface area contributed by atoms with Gasteiger partial charge in [-0.1, -0.05) is 6.07 Å². The Kier molecular flexibility index (Phi) is 5.55. The van der Waals surface area contributed by atoms with Gasteiger partial charge in [-0.15, -0.1) is 0 Å². The summed E-state index contributed by atoms with van der Waals surface area (Å²) in [6.07, 6.45) is 3.13. The molecule has 1 amide bonds. The summed E-state index contributed by atoms with van der Waals surface area (Å²) in [6.45, 7) is 1.46. The molecule has 1 aliphatic rings. The predicted octanol–water partition coefficient (Wildman–Crippen LogP) is 3.88. The Balaban J connectivity index is 2.32. The number of hydrogen-bond acceptors (Lipinski definition) is 3. The summed E-state index contributed by atoms with van der Waals surface area (Å²) in [4.78, 5) is 14.3. The van der Waals surface area contributed by atoms with E-state index in [4.69, 9.17) is 0 Å². The molecule has 0 bridgehead atoms. The highest BCUT2D eigenvalue weighted by Gasteiger charge is 2.37. The SMILES string of the molecule is O=C(c1cccc(S(=O)(=O)C(Br)(Br)Br)c1)N1CCCCC1. The van der Waals surface area contributed by atoms with E-state index < -0.39 is 11.3 Å². The number of rotatable bonds is 2. The second-order valence-corrected chi connectivity index (χ2v) is 15.3. The van der Waals surface area contributed by atoms with Crippen molar-refractivity contribution in [2.45, 2.75) is 25.6 Å². The number of nitrogens with zero attached hydrogens (tertiary/aromatic N) is 1.